The molecule has 0 spiro atoms. The summed E-state index contributed by atoms with van der Waals surface area (Å²) in [5.41, 5.74) is 1.93. The summed E-state index contributed by atoms with van der Waals surface area (Å²) in [6.45, 7) is 8.45. The van der Waals surface area contributed by atoms with Crippen LogP contribution in [0.5, 0.6) is 0 Å². The third-order valence-corrected chi connectivity index (χ3v) is 10.2. The van der Waals surface area contributed by atoms with Crippen molar-refractivity contribution in [3.8, 4) is 11.8 Å². The lowest BCUT2D eigenvalue weighted by Crippen LogP contribution is -2.46. The summed E-state index contributed by atoms with van der Waals surface area (Å²) in [5.74, 6) is 5.77. The van der Waals surface area contributed by atoms with Gasteiger partial charge in [-0.05, 0) is 102 Å². The first-order valence-electron chi connectivity index (χ1n) is 14.9. The van der Waals surface area contributed by atoms with Crippen LogP contribution in [0.15, 0.2) is 40.4 Å². The Bertz CT molecular complexity index is 1510. The van der Waals surface area contributed by atoms with Gasteiger partial charge in [0.05, 0.1) is 21.2 Å². The average molecular weight is 627 g/mol. The first kappa shape index (κ1) is 32.7. The van der Waals surface area contributed by atoms with Crippen LogP contribution in [0.2, 0.25) is 0 Å². The monoisotopic (exact) mass is 626 g/mol. The number of anilines is 1. The molecule has 0 saturated heterocycles. The number of hydrogen-bond donors (Lipinski definition) is 1. The number of hydrogen-bond acceptors (Lipinski definition) is 7. The standard InChI is InChI=1S/C33H42N2O6S2/c1-22-6-10-24(11-7-22)31(36)35(29-20-27(18-19-33(2,3)4)42-30(29)32(37)38)26-14-12-25(13-15-26)34-41-21-23-8-16-28(17-9-23)43(5,39)40/h8-9,16-17,20,22,24,26H,6-7,10-15,21H2,1-5H3,(H,37,38). The van der Waals surface area contributed by atoms with Crippen LogP contribution in [-0.2, 0) is 26.1 Å². The summed E-state index contributed by atoms with van der Waals surface area (Å²) < 4.78 is 23.4. The highest BCUT2D eigenvalue weighted by Crippen LogP contribution is 2.38. The summed E-state index contributed by atoms with van der Waals surface area (Å²) in [5, 5.41) is 14.5. The smallest absolute Gasteiger partial charge is 0.348 e. The molecule has 0 unspecified atom stereocenters. The molecule has 1 heterocycles. The fraction of sp³-hybridized carbons (Fsp3) is 0.545. The molecule has 4 rings (SSSR count). The normalized spacial score (nSPS) is 21.0. The fourth-order valence-corrected chi connectivity index (χ4v) is 7.01. The molecule has 232 valence electrons. The molecule has 2 aromatic rings. The molecule has 0 aliphatic heterocycles. The second-order valence-corrected chi connectivity index (χ2v) is 15.9. The third-order valence-electron chi connectivity index (χ3n) is 8.00. The molecule has 1 N–H and O–H groups in total. The largest absolute Gasteiger partial charge is 0.477 e. The minimum atomic E-state index is -3.26. The maximum absolute atomic E-state index is 14.1. The van der Waals surface area contributed by atoms with Crippen molar-refractivity contribution in [3.63, 3.8) is 0 Å². The number of carboxylic acid groups (broad SMARTS) is 1. The van der Waals surface area contributed by atoms with Gasteiger partial charge < -0.3 is 14.8 Å². The topological polar surface area (TPSA) is 113 Å². The molecular weight excluding hydrogens is 585 g/mol. The van der Waals surface area contributed by atoms with E-state index < -0.39 is 15.8 Å². The Kier molecular flexibility index (Phi) is 10.4. The van der Waals surface area contributed by atoms with Gasteiger partial charge in [-0.1, -0.05) is 36.1 Å². The third kappa shape index (κ3) is 8.93. The van der Waals surface area contributed by atoms with Gasteiger partial charge in [-0.2, -0.15) is 0 Å². The Labute approximate surface area is 259 Å². The van der Waals surface area contributed by atoms with Crippen molar-refractivity contribution in [2.75, 3.05) is 11.2 Å². The average Bonchev–Trinajstić information content (AvgIpc) is 3.37. The number of amides is 1. The molecule has 2 aliphatic carbocycles. The van der Waals surface area contributed by atoms with E-state index in [1.165, 1.54) is 6.26 Å². The number of thiophene rings is 1. The molecule has 1 aromatic carbocycles. The SMILES string of the molecule is CC1CCC(C(=O)N(c2cc(C#CC(C)(C)C)sc2C(=O)O)C2CCC(=NOCc3ccc(S(C)(=O)=O)cc3)CC2)CC1. The number of carboxylic acids is 1. The zero-order chi connectivity index (χ0) is 31.4. The van der Waals surface area contributed by atoms with Crippen molar-refractivity contribution in [2.45, 2.75) is 96.6 Å². The van der Waals surface area contributed by atoms with Crippen LogP contribution in [0.1, 0.15) is 99.2 Å². The second-order valence-electron chi connectivity index (χ2n) is 12.9. The van der Waals surface area contributed by atoms with Crippen molar-refractivity contribution < 1.29 is 28.0 Å². The minimum Gasteiger partial charge on any atom is -0.477 e. The minimum absolute atomic E-state index is 0.0155. The van der Waals surface area contributed by atoms with Crippen molar-refractivity contribution in [3.05, 3.63) is 45.6 Å². The number of carbonyl (C=O) groups is 2. The number of aromatic carboxylic acids is 1. The maximum Gasteiger partial charge on any atom is 0.348 e. The quantitative estimate of drug-likeness (QED) is 0.251. The highest BCUT2D eigenvalue weighted by Gasteiger charge is 2.37. The van der Waals surface area contributed by atoms with Gasteiger partial charge in [0.15, 0.2) is 9.84 Å². The number of sulfone groups is 1. The Balaban J connectivity index is 1.52. The Morgan fingerprint density at radius 3 is 2.26 bits per heavy atom. The number of nitrogens with zero attached hydrogens (tertiary/aromatic N) is 2. The number of benzene rings is 1. The van der Waals surface area contributed by atoms with Crippen LogP contribution in [0.25, 0.3) is 0 Å². The van der Waals surface area contributed by atoms with Gasteiger partial charge in [-0.25, -0.2) is 13.2 Å². The molecule has 0 atom stereocenters. The molecule has 2 saturated carbocycles. The van der Waals surface area contributed by atoms with Crippen molar-refractivity contribution in [2.24, 2.45) is 22.4 Å². The van der Waals surface area contributed by atoms with E-state index in [4.69, 9.17) is 4.84 Å². The summed E-state index contributed by atoms with van der Waals surface area (Å²) >= 11 is 1.13. The van der Waals surface area contributed by atoms with Crippen LogP contribution < -0.4 is 4.90 Å². The Morgan fingerprint density at radius 1 is 1.07 bits per heavy atom. The zero-order valence-electron chi connectivity index (χ0n) is 25.7. The van der Waals surface area contributed by atoms with Gasteiger partial charge in [0.2, 0.25) is 5.91 Å². The lowest BCUT2D eigenvalue weighted by atomic mass is 9.81. The Morgan fingerprint density at radius 2 is 1.70 bits per heavy atom. The van der Waals surface area contributed by atoms with E-state index >= 15 is 0 Å². The molecular formula is C33H42N2O6S2. The van der Waals surface area contributed by atoms with E-state index in [0.717, 1.165) is 48.3 Å². The van der Waals surface area contributed by atoms with Crippen molar-refractivity contribution >= 4 is 44.4 Å². The molecule has 43 heavy (non-hydrogen) atoms. The highest BCUT2D eigenvalue weighted by atomic mass is 32.2. The lowest BCUT2D eigenvalue weighted by molar-refractivity contribution is -0.124. The van der Waals surface area contributed by atoms with Crippen LogP contribution in [-0.4, -0.2) is 43.4 Å². The molecule has 10 heteroatoms. The van der Waals surface area contributed by atoms with Gasteiger partial charge in [-0.3, -0.25) is 4.79 Å². The van der Waals surface area contributed by atoms with Crippen LogP contribution in [0.4, 0.5) is 5.69 Å². The van der Waals surface area contributed by atoms with Gasteiger partial charge >= 0.3 is 5.97 Å². The maximum atomic E-state index is 14.1. The zero-order valence-corrected chi connectivity index (χ0v) is 27.3. The summed E-state index contributed by atoms with van der Waals surface area (Å²) in [7, 11) is -3.26. The van der Waals surface area contributed by atoms with E-state index in [-0.39, 0.29) is 39.7 Å². The lowest BCUT2D eigenvalue weighted by Gasteiger charge is -2.38. The van der Waals surface area contributed by atoms with E-state index in [2.05, 4.69) is 23.9 Å². The van der Waals surface area contributed by atoms with E-state index in [1.54, 1.807) is 35.2 Å². The molecule has 0 radical (unpaired) electrons. The van der Waals surface area contributed by atoms with E-state index in [9.17, 15) is 23.1 Å². The van der Waals surface area contributed by atoms with Gasteiger partial charge in [0, 0.05) is 23.6 Å². The van der Waals surface area contributed by atoms with E-state index in [1.807, 2.05) is 20.8 Å². The first-order chi connectivity index (χ1) is 20.2. The van der Waals surface area contributed by atoms with Gasteiger partial charge in [-0.15, -0.1) is 11.3 Å². The molecule has 8 nitrogen and oxygen atoms in total. The predicted molar refractivity (Wildman–Crippen MR) is 170 cm³/mol. The summed E-state index contributed by atoms with van der Waals surface area (Å²) in [6.07, 6.45) is 7.37. The molecule has 2 fully saturated rings. The molecule has 1 aromatic heterocycles. The first-order valence-corrected chi connectivity index (χ1v) is 17.6. The molecule has 2 aliphatic rings. The molecule has 1 amide bonds. The Hall–Kier alpha value is -3.16. The predicted octanol–water partition coefficient (Wildman–Crippen LogP) is 6.92. The number of carbonyl (C=O) groups excluding carboxylic acids is 1. The van der Waals surface area contributed by atoms with Crippen LogP contribution in [0.3, 0.4) is 0 Å². The summed E-state index contributed by atoms with van der Waals surface area (Å²) in [6, 6.07) is 8.18. The van der Waals surface area contributed by atoms with Crippen molar-refractivity contribution in [1.82, 2.24) is 0 Å². The van der Waals surface area contributed by atoms with Crippen molar-refractivity contribution in [1.29, 1.82) is 0 Å². The fourth-order valence-electron chi connectivity index (χ4n) is 5.54. The van der Waals surface area contributed by atoms with E-state index in [0.29, 0.717) is 42.2 Å². The van der Waals surface area contributed by atoms with Gasteiger partial charge in [0.25, 0.3) is 0 Å². The van der Waals surface area contributed by atoms with Crippen LogP contribution in [0, 0.1) is 29.1 Å². The highest BCUT2D eigenvalue weighted by molar-refractivity contribution is 7.90. The van der Waals surface area contributed by atoms with Crippen LogP contribution >= 0.6 is 11.3 Å². The number of oxime groups is 1. The second kappa shape index (κ2) is 13.6. The summed E-state index contributed by atoms with van der Waals surface area (Å²) in [4.78, 5) is 34.9. The molecule has 0 bridgehead atoms. The number of rotatable bonds is 8. The van der Waals surface area contributed by atoms with Gasteiger partial charge in [0.1, 0.15) is 11.5 Å².